The van der Waals surface area contributed by atoms with E-state index in [1.54, 1.807) is 23.9 Å². The van der Waals surface area contributed by atoms with Gasteiger partial charge in [0.2, 0.25) is 0 Å². The minimum Gasteiger partial charge on any atom is -0.396 e. The number of amides is 1. The van der Waals surface area contributed by atoms with Crippen LogP contribution in [-0.4, -0.2) is 33.6 Å². The topological polar surface area (TPSA) is 69.6 Å². The van der Waals surface area contributed by atoms with Crippen LogP contribution < -0.4 is 5.32 Å². The van der Waals surface area contributed by atoms with Crippen molar-refractivity contribution in [2.24, 2.45) is 17.8 Å². The minimum absolute atomic E-state index is 0.0495. The molecule has 4 nitrogen and oxygen atoms in total. The number of anilines is 1. The highest BCUT2D eigenvalue weighted by Gasteiger charge is 2.55. The summed E-state index contributed by atoms with van der Waals surface area (Å²) in [7, 11) is 0. The van der Waals surface area contributed by atoms with Gasteiger partial charge < -0.3 is 15.5 Å². The second kappa shape index (κ2) is 9.49. The maximum atomic E-state index is 13.4. The van der Waals surface area contributed by atoms with Crippen molar-refractivity contribution in [3.05, 3.63) is 58.4 Å². The van der Waals surface area contributed by atoms with Gasteiger partial charge in [0.15, 0.2) is 17.5 Å². The molecule has 1 amide bonds. The van der Waals surface area contributed by atoms with Gasteiger partial charge in [0.1, 0.15) is 0 Å². The first-order chi connectivity index (χ1) is 15.6. The van der Waals surface area contributed by atoms with E-state index in [0.717, 1.165) is 25.7 Å². The van der Waals surface area contributed by atoms with E-state index in [9.17, 15) is 28.2 Å². The highest BCUT2D eigenvalue weighted by atomic mass is 35.5. The van der Waals surface area contributed by atoms with Gasteiger partial charge in [0.25, 0.3) is 5.91 Å². The summed E-state index contributed by atoms with van der Waals surface area (Å²) in [6, 6.07) is 6.15. The molecule has 178 valence electrons. The summed E-state index contributed by atoms with van der Waals surface area (Å²) in [5, 5.41) is 23.9. The predicted molar refractivity (Wildman–Crippen MR) is 122 cm³/mol. The Balaban J connectivity index is 1.48. The van der Waals surface area contributed by atoms with Gasteiger partial charge >= 0.3 is 0 Å². The Kier molecular flexibility index (Phi) is 7.01. The molecule has 0 radical (unpaired) electrons. The lowest BCUT2D eigenvalue weighted by Gasteiger charge is -2.46. The van der Waals surface area contributed by atoms with Gasteiger partial charge in [0, 0.05) is 46.1 Å². The van der Waals surface area contributed by atoms with Crippen molar-refractivity contribution in [2.75, 3.05) is 11.9 Å². The van der Waals surface area contributed by atoms with E-state index < -0.39 is 29.0 Å². The first kappa shape index (κ1) is 24.4. The maximum Gasteiger partial charge on any atom is 0.255 e. The average molecular weight is 500 g/mol. The van der Waals surface area contributed by atoms with E-state index in [2.05, 4.69) is 5.32 Å². The number of hydrogen-bond donors (Lipinski definition) is 3. The lowest BCUT2D eigenvalue weighted by atomic mass is 9.68. The van der Waals surface area contributed by atoms with Crippen LogP contribution in [0.1, 0.15) is 43.0 Å². The molecule has 5 atom stereocenters. The molecule has 2 bridgehead atoms. The van der Waals surface area contributed by atoms with Crippen LogP contribution in [0.4, 0.5) is 18.9 Å². The molecule has 0 saturated heterocycles. The number of fused-ring (bicyclic) bond motifs is 2. The lowest BCUT2D eigenvalue weighted by molar-refractivity contribution is -0.111. The molecule has 2 aliphatic rings. The molecule has 4 rings (SSSR count). The van der Waals surface area contributed by atoms with Gasteiger partial charge in [-0.2, -0.15) is 0 Å². The number of carbonyl (C=O) groups excluding carboxylic acids is 1. The quantitative estimate of drug-likeness (QED) is 0.449. The summed E-state index contributed by atoms with van der Waals surface area (Å²) in [6.07, 6.45) is 3.40. The first-order valence-electron chi connectivity index (χ1n) is 10.9. The Labute approximate surface area is 199 Å². The van der Waals surface area contributed by atoms with Crippen LogP contribution >= 0.6 is 23.4 Å². The summed E-state index contributed by atoms with van der Waals surface area (Å²) in [4.78, 5) is 13.3. The number of benzene rings is 2. The number of nitrogens with one attached hydrogen (secondary N) is 1. The van der Waals surface area contributed by atoms with Crippen LogP contribution in [0.5, 0.6) is 0 Å². The van der Waals surface area contributed by atoms with Gasteiger partial charge in [-0.15, -0.1) is 11.8 Å². The predicted octanol–water partition coefficient (Wildman–Crippen LogP) is 5.65. The SMILES string of the molecule is CC(CO)[C@@]1(O)C2CC[C@H]1C[C@H](Sc1cc(C(=O)Nc3cc(F)c(F)c(F)c3)ccc1Cl)C2. The third-order valence-electron chi connectivity index (χ3n) is 7.06. The van der Waals surface area contributed by atoms with E-state index >= 15 is 0 Å². The zero-order chi connectivity index (χ0) is 23.9. The number of hydrogen-bond acceptors (Lipinski definition) is 4. The van der Waals surface area contributed by atoms with Crippen molar-refractivity contribution >= 4 is 35.0 Å². The van der Waals surface area contributed by atoms with E-state index in [1.165, 1.54) is 6.07 Å². The molecule has 0 heterocycles. The Morgan fingerprint density at radius 3 is 2.36 bits per heavy atom. The largest absolute Gasteiger partial charge is 0.396 e. The molecule has 33 heavy (non-hydrogen) atoms. The van der Waals surface area contributed by atoms with Crippen molar-refractivity contribution in [2.45, 2.75) is 48.4 Å². The van der Waals surface area contributed by atoms with Crippen molar-refractivity contribution in [1.29, 1.82) is 0 Å². The third kappa shape index (κ3) is 4.63. The van der Waals surface area contributed by atoms with E-state index in [4.69, 9.17) is 11.6 Å². The number of halogens is 4. The number of thioether (sulfide) groups is 1. The molecule has 2 aromatic carbocycles. The van der Waals surface area contributed by atoms with Crippen molar-refractivity contribution in [3.8, 4) is 0 Å². The van der Waals surface area contributed by atoms with Crippen LogP contribution in [0, 0.1) is 35.2 Å². The van der Waals surface area contributed by atoms with Crippen LogP contribution in [0.2, 0.25) is 5.02 Å². The summed E-state index contributed by atoms with van der Waals surface area (Å²) in [6.45, 7) is 1.84. The molecule has 2 saturated carbocycles. The number of aliphatic hydroxyl groups is 2. The Morgan fingerprint density at radius 1 is 1.18 bits per heavy atom. The molecule has 2 unspecified atom stereocenters. The van der Waals surface area contributed by atoms with Crippen molar-refractivity contribution < 1.29 is 28.2 Å². The van der Waals surface area contributed by atoms with Gasteiger partial charge in [-0.3, -0.25) is 4.79 Å². The van der Waals surface area contributed by atoms with Crippen molar-refractivity contribution in [3.63, 3.8) is 0 Å². The highest BCUT2D eigenvalue weighted by molar-refractivity contribution is 8.00. The fourth-order valence-electron chi connectivity index (χ4n) is 5.33. The average Bonchev–Trinajstić information content (AvgIpc) is 2.95. The smallest absolute Gasteiger partial charge is 0.255 e. The third-order valence-corrected chi connectivity index (χ3v) is 8.81. The molecule has 2 aromatic rings. The maximum absolute atomic E-state index is 13.4. The highest BCUT2D eigenvalue weighted by Crippen LogP contribution is 2.56. The standard InChI is InChI=1S/C24H25ClF3NO3S/c1-12(11-30)24(32)14-3-4-15(24)8-17(7-14)33-21-6-13(2-5-18(21)25)23(31)29-16-9-19(26)22(28)20(27)10-16/h2,5-6,9-10,12,14-15,17,30,32H,3-4,7-8,11H2,1H3,(H,29,31)/t12?,14-,15?,17-,24-/m0/s1. The van der Waals surface area contributed by atoms with Gasteiger partial charge in [-0.05, 0) is 55.7 Å². The van der Waals surface area contributed by atoms with Gasteiger partial charge in [0.05, 0.1) is 10.6 Å². The Morgan fingerprint density at radius 2 is 1.79 bits per heavy atom. The zero-order valence-corrected chi connectivity index (χ0v) is 19.5. The molecular weight excluding hydrogens is 475 g/mol. The second-order valence-corrected chi connectivity index (χ2v) is 10.8. The van der Waals surface area contributed by atoms with E-state index in [1.807, 2.05) is 6.92 Å². The van der Waals surface area contributed by atoms with Crippen LogP contribution in [0.15, 0.2) is 35.2 Å². The normalized spacial score (nSPS) is 27.4. The monoisotopic (exact) mass is 499 g/mol. The van der Waals surface area contributed by atoms with E-state index in [-0.39, 0.29) is 40.9 Å². The molecule has 2 fully saturated rings. The molecule has 9 heteroatoms. The molecule has 0 aromatic heterocycles. The fourth-order valence-corrected chi connectivity index (χ4v) is 6.98. The van der Waals surface area contributed by atoms with Crippen molar-refractivity contribution in [1.82, 2.24) is 0 Å². The molecule has 2 aliphatic carbocycles. The van der Waals surface area contributed by atoms with E-state index in [0.29, 0.717) is 22.1 Å². The summed E-state index contributed by atoms with van der Waals surface area (Å²) in [5.41, 5.74) is -0.797. The summed E-state index contributed by atoms with van der Waals surface area (Å²) >= 11 is 7.93. The van der Waals surface area contributed by atoms with Crippen LogP contribution in [-0.2, 0) is 0 Å². The number of rotatable bonds is 6. The summed E-state index contributed by atoms with van der Waals surface area (Å²) < 4.78 is 40.0. The van der Waals surface area contributed by atoms with Crippen LogP contribution in [0.25, 0.3) is 0 Å². The Hall–Kier alpha value is -1.74. The first-order valence-corrected chi connectivity index (χ1v) is 12.1. The molecule has 0 aliphatic heterocycles. The van der Waals surface area contributed by atoms with Crippen LogP contribution in [0.3, 0.4) is 0 Å². The fraction of sp³-hybridized carbons (Fsp3) is 0.458. The number of carbonyl (C=O) groups is 1. The Bertz CT molecular complexity index is 1030. The molecular formula is C24H25ClF3NO3S. The molecule has 0 spiro atoms. The number of aliphatic hydroxyl groups excluding tert-OH is 1. The minimum atomic E-state index is -1.60. The zero-order valence-electron chi connectivity index (χ0n) is 18.0. The second-order valence-electron chi connectivity index (χ2n) is 9.01. The van der Waals surface area contributed by atoms with Gasteiger partial charge in [-0.1, -0.05) is 18.5 Å². The van der Waals surface area contributed by atoms with Gasteiger partial charge in [-0.25, -0.2) is 13.2 Å². The summed E-state index contributed by atoms with van der Waals surface area (Å²) in [5.74, 6) is -4.96. The lowest BCUT2D eigenvalue weighted by Crippen LogP contribution is -2.51. The molecule has 3 N–H and O–H groups in total.